The molecule has 0 amide bonds. The van der Waals surface area contributed by atoms with Gasteiger partial charge in [-0.2, -0.15) is 0 Å². The predicted molar refractivity (Wildman–Crippen MR) is 67.3 cm³/mol. The lowest BCUT2D eigenvalue weighted by Crippen LogP contribution is -2.09. The molecule has 0 nitrogen and oxygen atoms in total. The third-order valence-corrected chi connectivity index (χ3v) is 3.50. The summed E-state index contributed by atoms with van der Waals surface area (Å²) in [7, 11) is 0. The summed E-state index contributed by atoms with van der Waals surface area (Å²) < 4.78 is 0. The summed E-state index contributed by atoms with van der Waals surface area (Å²) in [6.07, 6.45) is 0. The molecule has 0 spiro atoms. The second-order valence-corrected chi connectivity index (χ2v) is 5.01. The summed E-state index contributed by atoms with van der Waals surface area (Å²) in [5.74, 6) is 1.32. The van der Waals surface area contributed by atoms with E-state index in [0.29, 0.717) is 11.8 Å². The number of rotatable bonds is 3. The Labute approximate surface area is 95.9 Å². The lowest BCUT2D eigenvalue weighted by molar-refractivity contribution is 0.542. The topological polar surface area (TPSA) is 0 Å². The number of benzene rings is 1. The van der Waals surface area contributed by atoms with Gasteiger partial charge in [-0.05, 0) is 36.8 Å². The number of halogens is 1. The fourth-order valence-corrected chi connectivity index (χ4v) is 2.88. The van der Waals surface area contributed by atoms with Crippen LogP contribution in [0.15, 0.2) is 18.2 Å². The summed E-state index contributed by atoms with van der Waals surface area (Å²) in [5.41, 5.74) is 4.27. The molecule has 0 heterocycles. The molecular formula is C13H19Br. The molecule has 0 saturated carbocycles. The van der Waals surface area contributed by atoms with E-state index in [0.717, 1.165) is 5.33 Å². The SMILES string of the molecule is Cc1ccc(C)c(C(CBr)C(C)C)c1. The molecular weight excluding hydrogens is 236 g/mol. The molecule has 0 aliphatic heterocycles. The van der Waals surface area contributed by atoms with E-state index in [4.69, 9.17) is 0 Å². The first-order valence-corrected chi connectivity index (χ1v) is 6.31. The van der Waals surface area contributed by atoms with Crippen molar-refractivity contribution in [2.24, 2.45) is 5.92 Å². The summed E-state index contributed by atoms with van der Waals surface area (Å²) in [4.78, 5) is 0. The highest BCUT2D eigenvalue weighted by Crippen LogP contribution is 2.29. The van der Waals surface area contributed by atoms with Gasteiger partial charge in [0, 0.05) is 5.33 Å². The van der Waals surface area contributed by atoms with E-state index in [-0.39, 0.29) is 0 Å². The number of aryl methyl sites for hydroxylation is 2. The molecule has 1 aromatic rings. The highest BCUT2D eigenvalue weighted by Gasteiger charge is 2.16. The Hall–Kier alpha value is -0.300. The first-order valence-electron chi connectivity index (χ1n) is 5.19. The van der Waals surface area contributed by atoms with Crippen LogP contribution >= 0.6 is 15.9 Å². The fourth-order valence-electron chi connectivity index (χ4n) is 1.78. The Morgan fingerprint density at radius 2 is 1.86 bits per heavy atom. The first-order chi connectivity index (χ1) is 6.56. The van der Waals surface area contributed by atoms with Crippen LogP contribution in [0.2, 0.25) is 0 Å². The van der Waals surface area contributed by atoms with Crippen LogP contribution < -0.4 is 0 Å². The Kier molecular flexibility index (Phi) is 4.18. The Balaban J connectivity index is 3.08. The van der Waals surface area contributed by atoms with Crippen molar-refractivity contribution < 1.29 is 0 Å². The molecule has 0 fully saturated rings. The molecule has 0 aromatic heterocycles. The molecule has 78 valence electrons. The smallest absolute Gasteiger partial charge is 0.0103 e. The number of hydrogen-bond donors (Lipinski definition) is 0. The van der Waals surface area contributed by atoms with E-state index in [1.54, 1.807) is 0 Å². The van der Waals surface area contributed by atoms with Crippen molar-refractivity contribution in [2.45, 2.75) is 33.6 Å². The summed E-state index contributed by atoms with van der Waals surface area (Å²) in [6, 6.07) is 6.73. The molecule has 0 aliphatic rings. The maximum Gasteiger partial charge on any atom is 0.0103 e. The van der Waals surface area contributed by atoms with Crippen LogP contribution in [0.5, 0.6) is 0 Å². The van der Waals surface area contributed by atoms with Crippen molar-refractivity contribution in [3.8, 4) is 0 Å². The van der Waals surface area contributed by atoms with Gasteiger partial charge < -0.3 is 0 Å². The molecule has 0 aliphatic carbocycles. The van der Waals surface area contributed by atoms with Crippen LogP contribution in [0.3, 0.4) is 0 Å². The van der Waals surface area contributed by atoms with Crippen LogP contribution in [-0.4, -0.2) is 5.33 Å². The van der Waals surface area contributed by atoms with Gasteiger partial charge in [-0.25, -0.2) is 0 Å². The highest BCUT2D eigenvalue weighted by molar-refractivity contribution is 9.09. The van der Waals surface area contributed by atoms with Crippen molar-refractivity contribution in [1.82, 2.24) is 0 Å². The van der Waals surface area contributed by atoms with Gasteiger partial charge in [0.1, 0.15) is 0 Å². The molecule has 1 aromatic carbocycles. The molecule has 1 rings (SSSR count). The summed E-state index contributed by atoms with van der Waals surface area (Å²) in [5, 5.41) is 1.05. The molecule has 0 radical (unpaired) electrons. The van der Waals surface area contributed by atoms with Crippen LogP contribution in [0.25, 0.3) is 0 Å². The number of alkyl halides is 1. The lowest BCUT2D eigenvalue weighted by atomic mass is 9.87. The minimum absolute atomic E-state index is 0.634. The molecule has 14 heavy (non-hydrogen) atoms. The molecule has 1 heteroatoms. The van der Waals surface area contributed by atoms with Gasteiger partial charge in [-0.15, -0.1) is 0 Å². The van der Waals surface area contributed by atoms with Crippen LogP contribution in [0, 0.1) is 19.8 Å². The highest BCUT2D eigenvalue weighted by atomic mass is 79.9. The Bertz CT molecular complexity index is 302. The van der Waals surface area contributed by atoms with E-state index in [2.05, 4.69) is 61.8 Å². The molecule has 1 unspecified atom stereocenters. The van der Waals surface area contributed by atoms with Gasteiger partial charge in [0.05, 0.1) is 0 Å². The van der Waals surface area contributed by atoms with Gasteiger partial charge in [0.25, 0.3) is 0 Å². The molecule has 0 saturated heterocycles. The second kappa shape index (κ2) is 4.97. The third-order valence-electron chi connectivity index (χ3n) is 2.81. The zero-order valence-corrected chi connectivity index (χ0v) is 11.1. The zero-order chi connectivity index (χ0) is 10.7. The van der Waals surface area contributed by atoms with E-state index < -0.39 is 0 Å². The lowest BCUT2D eigenvalue weighted by Gasteiger charge is -2.21. The summed E-state index contributed by atoms with van der Waals surface area (Å²) >= 11 is 3.61. The maximum absolute atomic E-state index is 3.61. The minimum atomic E-state index is 0.634. The average Bonchev–Trinajstić information content (AvgIpc) is 2.11. The Morgan fingerprint density at radius 1 is 1.21 bits per heavy atom. The van der Waals surface area contributed by atoms with Gasteiger partial charge in [-0.3, -0.25) is 0 Å². The second-order valence-electron chi connectivity index (χ2n) is 4.36. The maximum atomic E-state index is 3.61. The van der Waals surface area contributed by atoms with Gasteiger partial charge in [0.2, 0.25) is 0 Å². The van der Waals surface area contributed by atoms with E-state index in [9.17, 15) is 0 Å². The van der Waals surface area contributed by atoms with Gasteiger partial charge in [-0.1, -0.05) is 53.5 Å². The van der Waals surface area contributed by atoms with Crippen molar-refractivity contribution >= 4 is 15.9 Å². The van der Waals surface area contributed by atoms with Crippen LogP contribution in [0.1, 0.15) is 36.5 Å². The monoisotopic (exact) mass is 254 g/mol. The van der Waals surface area contributed by atoms with E-state index in [1.165, 1.54) is 16.7 Å². The zero-order valence-electron chi connectivity index (χ0n) is 9.47. The largest absolute Gasteiger partial charge is 0.0921 e. The normalized spacial score (nSPS) is 13.3. The van der Waals surface area contributed by atoms with Crippen molar-refractivity contribution in [1.29, 1.82) is 0 Å². The fraction of sp³-hybridized carbons (Fsp3) is 0.538. The van der Waals surface area contributed by atoms with Crippen LogP contribution in [0.4, 0.5) is 0 Å². The van der Waals surface area contributed by atoms with E-state index in [1.807, 2.05) is 0 Å². The molecule has 0 bridgehead atoms. The molecule has 1 atom stereocenters. The third kappa shape index (κ3) is 2.60. The predicted octanol–water partition coefficient (Wildman–Crippen LogP) is 4.44. The Morgan fingerprint density at radius 3 is 2.36 bits per heavy atom. The minimum Gasteiger partial charge on any atom is -0.0921 e. The number of hydrogen-bond acceptors (Lipinski definition) is 0. The van der Waals surface area contributed by atoms with Crippen LogP contribution in [-0.2, 0) is 0 Å². The van der Waals surface area contributed by atoms with Crippen molar-refractivity contribution in [3.63, 3.8) is 0 Å². The van der Waals surface area contributed by atoms with Crippen molar-refractivity contribution in [3.05, 3.63) is 34.9 Å². The quantitative estimate of drug-likeness (QED) is 0.700. The first kappa shape index (κ1) is 11.8. The van der Waals surface area contributed by atoms with Gasteiger partial charge >= 0.3 is 0 Å². The molecule has 0 N–H and O–H groups in total. The van der Waals surface area contributed by atoms with Crippen molar-refractivity contribution in [2.75, 3.05) is 5.33 Å². The van der Waals surface area contributed by atoms with E-state index >= 15 is 0 Å². The standard InChI is InChI=1S/C13H19Br/c1-9(2)13(8-14)12-7-10(3)5-6-11(12)4/h5-7,9,13H,8H2,1-4H3. The van der Waals surface area contributed by atoms with Gasteiger partial charge in [0.15, 0.2) is 0 Å². The average molecular weight is 255 g/mol. The summed E-state index contributed by atoms with van der Waals surface area (Å²) in [6.45, 7) is 8.93.